The van der Waals surface area contributed by atoms with E-state index >= 15 is 0 Å². The fourth-order valence-electron chi connectivity index (χ4n) is 8.92. The van der Waals surface area contributed by atoms with E-state index in [2.05, 4.69) is 98.6 Å². The summed E-state index contributed by atoms with van der Waals surface area (Å²) in [7, 11) is 0. The second-order valence-corrected chi connectivity index (χ2v) is 14.3. The first-order valence-electron chi connectivity index (χ1n) is 18.7. The Bertz CT molecular complexity index is 3520. The number of hydrogen-bond donors (Lipinski definition) is 0. The van der Waals surface area contributed by atoms with Crippen molar-refractivity contribution < 1.29 is 0 Å². The van der Waals surface area contributed by atoms with Gasteiger partial charge in [0, 0.05) is 38.0 Å². The van der Waals surface area contributed by atoms with Crippen LogP contribution in [-0.2, 0) is 0 Å². The van der Waals surface area contributed by atoms with Crippen molar-refractivity contribution in [2.75, 3.05) is 0 Å². The Hall–Kier alpha value is -8.37. The van der Waals surface area contributed by atoms with Crippen LogP contribution < -0.4 is 0 Å². The molecule has 3 heterocycles. The van der Waals surface area contributed by atoms with Crippen LogP contribution in [0.4, 0.5) is 0 Å². The van der Waals surface area contributed by atoms with Crippen molar-refractivity contribution in [1.29, 1.82) is 15.8 Å². The van der Waals surface area contributed by atoms with Crippen molar-refractivity contribution in [2.24, 2.45) is 0 Å². The van der Waals surface area contributed by atoms with Crippen LogP contribution in [0.25, 0.3) is 93.6 Å². The van der Waals surface area contributed by atoms with Crippen LogP contribution in [0.2, 0.25) is 0 Å². The molecule has 57 heavy (non-hydrogen) atoms. The molecule has 0 aliphatic heterocycles. The Morgan fingerprint density at radius 2 is 0.754 bits per heavy atom. The highest BCUT2D eigenvalue weighted by Gasteiger charge is 2.21. The van der Waals surface area contributed by atoms with Crippen molar-refractivity contribution in [2.45, 2.75) is 0 Å². The second-order valence-electron chi connectivity index (χ2n) is 14.3. The number of benzene rings is 8. The Morgan fingerprint density at radius 1 is 0.316 bits per heavy atom. The average molecular weight is 725 g/mol. The number of nitriles is 3. The molecule has 0 fully saturated rings. The number of aromatic nitrogens is 3. The number of nitrogens with zero attached hydrogens (tertiary/aromatic N) is 6. The van der Waals surface area contributed by atoms with Crippen molar-refractivity contribution in [3.63, 3.8) is 0 Å². The van der Waals surface area contributed by atoms with Gasteiger partial charge in [0.05, 0.1) is 67.2 Å². The van der Waals surface area contributed by atoms with Crippen molar-refractivity contribution in [3.05, 3.63) is 187 Å². The molecule has 0 saturated carbocycles. The van der Waals surface area contributed by atoms with Gasteiger partial charge in [-0.3, -0.25) is 0 Å². The van der Waals surface area contributed by atoms with Gasteiger partial charge in [0.2, 0.25) is 0 Å². The number of fused-ring (bicyclic) bond motifs is 9. The number of para-hydroxylation sites is 5. The first-order chi connectivity index (χ1) is 28.2. The van der Waals surface area contributed by atoms with Crippen LogP contribution >= 0.6 is 0 Å². The molecule has 0 aliphatic rings. The van der Waals surface area contributed by atoms with Gasteiger partial charge in [-0.1, -0.05) is 103 Å². The third kappa shape index (κ3) is 4.61. The summed E-state index contributed by atoms with van der Waals surface area (Å²) in [5.74, 6) is 0. The Morgan fingerprint density at radius 3 is 1.26 bits per heavy atom. The molecule has 0 spiro atoms. The zero-order chi connectivity index (χ0) is 38.2. The maximum absolute atomic E-state index is 10.7. The van der Waals surface area contributed by atoms with E-state index in [0.29, 0.717) is 16.7 Å². The third-order valence-electron chi connectivity index (χ3n) is 11.4. The van der Waals surface area contributed by atoms with Gasteiger partial charge < -0.3 is 13.7 Å². The summed E-state index contributed by atoms with van der Waals surface area (Å²) < 4.78 is 6.48. The van der Waals surface area contributed by atoms with Gasteiger partial charge >= 0.3 is 0 Å². The average Bonchev–Trinajstić information content (AvgIpc) is 3.91. The molecule has 6 nitrogen and oxygen atoms in total. The molecule has 0 saturated heterocycles. The molecule has 0 amide bonds. The van der Waals surface area contributed by atoms with Gasteiger partial charge in [-0.15, -0.1) is 0 Å². The molecule has 0 N–H and O–H groups in total. The van der Waals surface area contributed by atoms with Gasteiger partial charge in [-0.25, -0.2) is 0 Å². The van der Waals surface area contributed by atoms with Crippen LogP contribution in [0, 0.1) is 34.0 Å². The lowest BCUT2D eigenvalue weighted by atomic mass is 9.97. The Labute approximate surface area is 326 Å². The summed E-state index contributed by atoms with van der Waals surface area (Å²) in [5.41, 5.74) is 11.4. The minimum absolute atomic E-state index is 0.481. The molecule has 8 aromatic carbocycles. The van der Waals surface area contributed by atoms with Gasteiger partial charge in [-0.05, 0) is 77.9 Å². The predicted octanol–water partition coefficient (Wildman–Crippen LogP) is 12.3. The van der Waals surface area contributed by atoms with Crippen molar-refractivity contribution in [1.82, 2.24) is 13.7 Å². The minimum atomic E-state index is 0.481. The standard InChI is InChI=1S/C51H28N6/c52-29-33-26-36(22-23-37(33)32-21-24-44(34(25-32)30-53)56-46-17-7-1-11-38(46)39-12-2-8-18-47(39)56)55-45-16-6-5-15-42(45)43-28-50(35(31-54)27-51(43)55)57-48-19-9-3-13-40(48)41-14-4-10-20-49(41)57/h1-28H. The van der Waals surface area contributed by atoms with E-state index in [1.807, 2.05) is 103 Å². The fourth-order valence-corrected chi connectivity index (χ4v) is 8.92. The first kappa shape index (κ1) is 32.1. The van der Waals surface area contributed by atoms with E-state index in [1.54, 1.807) is 0 Å². The van der Waals surface area contributed by atoms with E-state index < -0.39 is 0 Å². The molecular formula is C51H28N6. The van der Waals surface area contributed by atoms with Gasteiger partial charge in [-0.2, -0.15) is 15.8 Å². The SMILES string of the molecule is N#Cc1cc(-n2c3ccccc3c3cc(-n4c5ccccc5c5ccccc54)c(C#N)cc32)ccc1-c1ccc(-n2c3ccccc3c3ccccc32)c(C#N)c1. The Balaban J connectivity index is 1.08. The summed E-state index contributed by atoms with van der Waals surface area (Å²) in [6, 6.07) is 64.6. The van der Waals surface area contributed by atoms with Crippen molar-refractivity contribution >= 4 is 65.4 Å². The normalized spacial score (nSPS) is 11.5. The summed E-state index contributed by atoms with van der Waals surface area (Å²) >= 11 is 0. The highest BCUT2D eigenvalue weighted by atomic mass is 15.0. The summed E-state index contributed by atoms with van der Waals surface area (Å²) in [6.07, 6.45) is 0. The quantitative estimate of drug-likeness (QED) is 0.181. The summed E-state index contributed by atoms with van der Waals surface area (Å²) in [4.78, 5) is 0. The lowest BCUT2D eigenvalue weighted by Crippen LogP contribution is -2.00. The third-order valence-corrected chi connectivity index (χ3v) is 11.4. The number of hydrogen-bond acceptors (Lipinski definition) is 3. The highest BCUT2D eigenvalue weighted by Crippen LogP contribution is 2.40. The molecule has 262 valence electrons. The van der Waals surface area contributed by atoms with Crippen LogP contribution in [0.15, 0.2) is 170 Å². The maximum atomic E-state index is 10.7. The fraction of sp³-hybridized carbons (Fsp3) is 0. The van der Waals surface area contributed by atoms with E-state index in [1.165, 1.54) is 0 Å². The van der Waals surface area contributed by atoms with Crippen molar-refractivity contribution in [3.8, 4) is 46.4 Å². The zero-order valence-electron chi connectivity index (χ0n) is 30.3. The highest BCUT2D eigenvalue weighted by molar-refractivity contribution is 6.13. The number of rotatable bonds is 4. The van der Waals surface area contributed by atoms with Crippen LogP contribution in [-0.4, -0.2) is 13.7 Å². The van der Waals surface area contributed by atoms with Gasteiger partial charge in [0.1, 0.15) is 12.1 Å². The molecule has 0 aliphatic carbocycles. The molecular weight excluding hydrogens is 697 g/mol. The Kier molecular flexibility index (Phi) is 6.95. The van der Waals surface area contributed by atoms with Crippen LogP contribution in [0.1, 0.15) is 16.7 Å². The first-order valence-corrected chi connectivity index (χ1v) is 18.7. The lowest BCUT2D eigenvalue weighted by molar-refractivity contribution is 1.15. The molecule has 0 bridgehead atoms. The molecule has 0 unspecified atom stereocenters. The van der Waals surface area contributed by atoms with Gasteiger partial charge in [0.25, 0.3) is 0 Å². The molecule has 11 aromatic rings. The molecule has 11 rings (SSSR count). The topological polar surface area (TPSA) is 86.2 Å². The van der Waals surface area contributed by atoms with E-state index in [0.717, 1.165) is 93.6 Å². The zero-order valence-corrected chi connectivity index (χ0v) is 30.3. The minimum Gasteiger partial charge on any atom is -0.309 e. The smallest absolute Gasteiger partial charge is 0.101 e. The van der Waals surface area contributed by atoms with Crippen LogP contribution in [0.3, 0.4) is 0 Å². The van der Waals surface area contributed by atoms with E-state index in [-0.39, 0.29) is 0 Å². The lowest BCUT2D eigenvalue weighted by Gasteiger charge is -2.14. The molecule has 6 heteroatoms. The second kappa shape index (κ2) is 12.3. The van der Waals surface area contributed by atoms with Gasteiger partial charge in [0.15, 0.2) is 0 Å². The van der Waals surface area contributed by atoms with E-state index in [4.69, 9.17) is 0 Å². The van der Waals surface area contributed by atoms with E-state index in [9.17, 15) is 15.8 Å². The maximum Gasteiger partial charge on any atom is 0.101 e. The largest absolute Gasteiger partial charge is 0.309 e. The monoisotopic (exact) mass is 724 g/mol. The summed E-state index contributed by atoms with van der Waals surface area (Å²) in [6.45, 7) is 0. The molecule has 3 aromatic heterocycles. The molecule has 0 atom stereocenters. The predicted molar refractivity (Wildman–Crippen MR) is 229 cm³/mol. The molecule has 0 radical (unpaired) electrons. The van der Waals surface area contributed by atoms with Crippen LogP contribution in [0.5, 0.6) is 0 Å². The summed E-state index contributed by atoms with van der Waals surface area (Å²) in [5, 5.41) is 38.4.